The Kier molecular flexibility index (Phi) is 1.70. The Bertz CT molecular complexity index is 478. The van der Waals surface area contributed by atoms with Crippen molar-refractivity contribution in [2.24, 2.45) is 5.18 Å². The molecular weight excluding hydrogens is 192 g/mol. The molecule has 13 heavy (non-hydrogen) atoms. The number of rotatable bonds is 1. The van der Waals surface area contributed by atoms with E-state index in [1.807, 2.05) is 0 Å². The summed E-state index contributed by atoms with van der Waals surface area (Å²) in [5.41, 5.74) is 0.597. The van der Waals surface area contributed by atoms with Crippen LogP contribution in [0.3, 0.4) is 0 Å². The number of H-pyrrole nitrogens is 1. The predicted octanol–water partition coefficient (Wildman–Crippen LogP) is 2.92. The van der Waals surface area contributed by atoms with Crippen molar-refractivity contribution in [3.8, 4) is 5.75 Å². The molecule has 0 amide bonds. The summed E-state index contributed by atoms with van der Waals surface area (Å²) in [5.74, 6) is -0.293. The third-order valence-corrected chi connectivity index (χ3v) is 2.13. The lowest BCUT2D eigenvalue weighted by Gasteiger charge is -1.92. The minimum Gasteiger partial charge on any atom is -0.504 e. The highest BCUT2D eigenvalue weighted by Gasteiger charge is 2.12. The molecule has 1 aromatic carbocycles. The van der Waals surface area contributed by atoms with Gasteiger partial charge in [-0.1, -0.05) is 17.7 Å². The molecule has 0 spiro atoms. The zero-order valence-corrected chi connectivity index (χ0v) is 7.17. The van der Waals surface area contributed by atoms with Gasteiger partial charge in [-0.3, -0.25) is 0 Å². The van der Waals surface area contributed by atoms with Gasteiger partial charge in [0.2, 0.25) is 5.82 Å². The van der Waals surface area contributed by atoms with Gasteiger partial charge in [-0.05, 0) is 17.3 Å². The second kappa shape index (κ2) is 2.74. The van der Waals surface area contributed by atoms with Gasteiger partial charge in [0.05, 0.1) is 15.9 Å². The monoisotopic (exact) mass is 196 g/mol. The first-order chi connectivity index (χ1) is 6.24. The Labute approximate surface area is 78.1 Å². The fourth-order valence-corrected chi connectivity index (χ4v) is 1.50. The molecule has 66 valence electrons. The third-order valence-electron chi connectivity index (χ3n) is 1.82. The number of aromatic hydroxyl groups is 1. The lowest BCUT2D eigenvalue weighted by molar-refractivity contribution is 0.483. The van der Waals surface area contributed by atoms with Gasteiger partial charge in [-0.15, -0.1) is 4.91 Å². The lowest BCUT2D eigenvalue weighted by Crippen LogP contribution is -1.67. The van der Waals surface area contributed by atoms with Crippen molar-refractivity contribution in [1.82, 2.24) is 4.98 Å². The molecule has 0 fully saturated rings. The van der Waals surface area contributed by atoms with Crippen LogP contribution in [0.25, 0.3) is 10.9 Å². The Morgan fingerprint density at radius 2 is 2.23 bits per heavy atom. The van der Waals surface area contributed by atoms with E-state index in [0.29, 0.717) is 15.9 Å². The highest BCUT2D eigenvalue weighted by Crippen LogP contribution is 2.38. The molecule has 1 aromatic heterocycles. The first-order valence-electron chi connectivity index (χ1n) is 3.56. The van der Waals surface area contributed by atoms with Crippen molar-refractivity contribution in [3.63, 3.8) is 0 Å². The van der Waals surface area contributed by atoms with Crippen molar-refractivity contribution >= 4 is 28.3 Å². The van der Waals surface area contributed by atoms with Crippen molar-refractivity contribution in [2.45, 2.75) is 0 Å². The average Bonchev–Trinajstić information content (AvgIpc) is 2.44. The zero-order valence-electron chi connectivity index (χ0n) is 6.41. The summed E-state index contributed by atoms with van der Waals surface area (Å²) in [5, 5.41) is 12.9. The number of hydrogen-bond acceptors (Lipinski definition) is 3. The number of halogens is 1. The summed E-state index contributed by atoms with van der Waals surface area (Å²) in [6.07, 6.45) is 0. The molecule has 5 heteroatoms. The van der Waals surface area contributed by atoms with Crippen LogP contribution in [0, 0.1) is 4.91 Å². The van der Waals surface area contributed by atoms with Crippen LogP contribution >= 0.6 is 11.6 Å². The molecular formula is C8H5ClN2O2. The second-order valence-electron chi connectivity index (χ2n) is 2.58. The van der Waals surface area contributed by atoms with E-state index in [4.69, 9.17) is 11.6 Å². The molecule has 0 saturated carbocycles. The van der Waals surface area contributed by atoms with Crippen LogP contribution in [-0.2, 0) is 0 Å². The van der Waals surface area contributed by atoms with E-state index in [1.165, 1.54) is 0 Å². The first kappa shape index (κ1) is 8.07. The number of fused-ring (bicyclic) bond motifs is 1. The number of benzene rings is 1. The summed E-state index contributed by atoms with van der Waals surface area (Å²) < 4.78 is 0. The Morgan fingerprint density at radius 1 is 1.46 bits per heavy atom. The van der Waals surface area contributed by atoms with Crippen LogP contribution in [-0.4, -0.2) is 10.1 Å². The number of nitrogens with one attached hydrogen (secondary N) is 1. The molecule has 2 N–H and O–H groups in total. The standard InChI is InChI=1S/C8H5ClN2O2/c9-4-2-1-3-5-6(4)7(12)8(10-5)11-13/h1-3,10,12H. The fraction of sp³-hybridized carbons (Fsp3) is 0. The van der Waals surface area contributed by atoms with E-state index < -0.39 is 0 Å². The van der Waals surface area contributed by atoms with Gasteiger partial charge in [0.15, 0.2) is 5.75 Å². The molecule has 0 radical (unpaired) electrons. The SMILES string of the molecule is O=Nc1[nH]c2cccc(Cl)c2c1O. The summed E-state index contributed by atoms with van der Waals surface area (Å²) in [4.78, 5) is 12.9. The number of aromatic nitrogens is 1. The minimum atomic E-state index is -0.199. The molecule has 0 atom stereocenters. The Balaban J connectivity index is 2.92. The molecule has 0 aliphatic heterocycles. The van der Waals surface area contributed by atoms with Crippen molar-refractivity contribution in [2.75, 3.05) is 0 Å². The van der Waals surface area contributed by atoms with Crippen LogP contribution in [0.15, 0.2) is 23.4 Å². The molecule has 0 aliphatic rings. The van der Waals surface area contributed by atoms with Gasteiger partial charge in [-0.2, -0.15) is 0 Å². The van der Waals surface area contributed by atoms with Crippen LogP contribution in [0.2, 0.25) is 5.02 Å². The van der Waals surface area contributed by atoms with Crippen LogP contribution in [0.1, 0.15) is 0 Å². The minimum absolute atomic E-state index is 0.0944. The molecule has 1 heterocycles. The zero-order chi connectivity index (χ0) is 9.42. The van der Waals surface area contributed by atoms with Crippen LogP contribution < -0.4 is 0 Å². The normalized spacial score (nSPS) is 10.5. The Morgan fingerprint density at radius 3 is 2.85 bits per heavy atom. The maximum atomic E-state index is 10.2. The predicted molar refractivity (Wildman–Crippen MR) is 50.4 cm³/mol. The maximum Gasteiger partial charge on any atom is 0.218 e. The van der Waals surface area contributed by atoms with E-state index in [9.17, 15) is 10.0 Å². The summed E-state index contributed by atoms with van der Waals surface area (Å²) >= 11 is 5.81. The fourth-order valence-electron chi connectivity index (χ4n) is 1.24. The van der Waals surface area contributed by atoms with Crippen molar-refractivity contribution in [1.29, 1.82) is 0 Å². The topological polar surface area (TPSA) is 65.5 Å². The third kappa shape index (κ3) is 1.07. The average molecular weight is 197 g/mol. The molecule has 2 rings (SSSR count). The highest BCUT2D eigenvalue weighted by molar-refractivity contribution is 6.36. The first-order valence-corrected chi connectivity index (χ1v) is 3.94. The van der Waals surface area contributed by atoms with E-state index >= 15 is 0 Å². The largest absolute Gasteiger partial charge is 0.504 e. The number of aromatic amines is 1. The molecule has 0 bridgehead atoms. The van der Waals surface area contributed by atoms with E-state index in [2.05, 4.69) is 10.2 Å². The van der Waals surface area contributed by atoms with E-state index in [1.54, 1.807) is 18.2 Å². The smallest absolute Gasteiger partial charge is 0.218 e. The number of nitrogens with zero attached hydrogens (tertiary/aromatic N) is 1. The van der Waals surface area contributed by atoms with Gasteiger partial charge in [0.25, 0.3) is 0 Å². The number of nitroso groups, excluding NO2 is 1. The highest BCUT2D eigenvalue weighted by atomic mass is 35.5. The molecule has 0 unspecified atom stereocenters. The second-order valence-corrected chi connectivity index (χ2v) is 2.98. The molecule has 0 aliphatic carbocycles. The Hall–Kier alpha value is -1.55. The summed E-state index contributed by atoms with van der Waals surface area (Å²) in [6, 6.07) is 5.05. The summed E-state index contributed by atoms with van der Waals surface area (Å²) in [7, 11) is 0. The number of hydrogen-bond donors (Lipinski definition) is 2. The molecule has 0 saturated heterocycles. The molecule has 2 aromatic rings. The van der Waals surface area contributed by atoms with Gasteiger partial charge in [-0.25, -0.2) is 0 Å². The van der Waals surface area contributed by atoms with Crippen LogP contribution in [0.5, 0.6) is 5.75 Å². The van der Waals surface area contributed by atoms with Gasteiger partial charge in [0, 0.05) is 0 Å². The van der Waals surface area contributed by atoms with E-state index in [0.717, 1.165) is 0 Å². The molecule has 4 nitrogen and oxygen atoms in total. The lowest BCUT2D eigenvalue weighted by atomic mass is 10.2. The summed E-state index contributed by atoms with van der Waals surface area (Å²) in [6.45, 7) is 0. The van der Waals surface area contributed by atoms with Crippen LogP contribution in [0.4, 0.5) is 5.82 Å². The van der Waals surface area contributed by atoms with Gasteiger partial charge < -0.3 is 10.1 Å². The van der Waals surface area contributed by atoms with Gasteiger partial charge in [0.1, 0.15) is 0 Å². The van der Waals surface area contributed by atoms with Crippen molar-refractivity contribution in [3.05, 3.63) is 28.1 Å². The maximum absolute atomic E-state index is 10.2. The van der Waals surface area contributed by atoms with E-state index in [-0.39, 0.29) is 11.6 Å². The quantitative estimate of drug-likeness (QED) is 0.689. The van der Waals surface area contributed by atoms with Crippen molar-refractivity contribution < 1.29 is 5.11 Å². The van der Waals surface area contributed by atoms with Gasteiger partial charge >= 0.3 is 0 Å².